The van der Waals surface area contributed by atoms with E-state index in [2.05, 4.69) is 36.3 Å². The van der Waals surface area contributed by atoms with Crippen LogP contribution in [0.5, 0.6) is 0 Å². The fourth-order valence-corrected chi connectivity index (χ4v) is 3.70. The fraction of sp³-hybridized carbons (Fsp3) is 0.529. The van der Waals surface area contributed by atoms with E-state index in [9.17, 15) is 0 Å². The van der Waals surface area contributed by atoms with Crippen LogP contribution in [0.15, 0.2) is 12.1 Å². The van der Waals surface area contributed by atoms with E-state index in [0.29, 0.717) is 5.92 Å². The molecule has 0 amide bonds. The number of nitrogens with one attached hydrogen (secondary N) is 1. The van der Waals surface area contributed by atoms with Crippen LogP contribution in [0.3, 0.4) is 0 Å². The number of aromatic nitrogens is 2. The Bertz CT molecular complexity index is 621. The molecule has 1 fully saturated rings. The van der Waals surface area contributed by atoms with Gasteiger partial charge in [0.2, 0.25) is 0 Å². The first-order valence-electron chi connectivity index (χ1n) is 7.71. The van der Waals surface area contributed by atoms with Gasteiger partial charge in [0.25, 0.3) is 0 Å². The summed E-state index contributed by atoms with van der Waals surface area (Å²) in [5.74, 6) is 0.468. The third-order valence-corrected chi connectivity index (χ3v) is 4.85. The minimum absolute atomic E-state index is 0.468. The number of nitrogens with zero attached hydrogens (tertiary/aromatic N) is 2. The predicted octanol–water partition coefficient (Wildman–Crippen LogP) is 4.20. The maximum atomic E-state index is 4.91. The van der Waals surface area contributed by atoms with Gasteiger partial charge in [0.05, 0.1) is 5.69 Å². The lowest BCUT2D eigenvalue weighted by Crippen LogP contribution is -2.15. The van der Waals surface area contributed by atoms with Gasteiger partial charge in [0.15, 0.2) is 0 Å². The molecule has 1 aliphatic carbocycles. The zero-order valence-corrected chi connectivity index (χ0v) is 14.0. The molecule has 2 aromatic heterocycles. The van der Waals surface area contributed by atoms with Gasteiger partial charge < -0.3 is 5.32 Å². The summed E-state index contributed by atoms with van der Waals surface area (Å²) >= 11 is 1.83. The first-order valence-corrected chi connectivity index (χ1v) is 8.53. The average Bonchev–Trinajstić information content (AvgIpc) is 3.13. The molecular formula is C17H23N3S. The van der Waals surface area contributed by atoms with Crippen LogP contribution in [0.1, 0.15) is 54.6 Å². The second kappa shape index (κ2) is 5.85. The molecule has 2 heterocycles. The van der Waals surface area contributed by atoms with Crippen LogP contribution in [0.2, 0.25) is 0 Å². The van der Waals surface area contributed by atoms with Crippen LogP contribution in [0, 0.1) is 13.8 Å². The maximum absolute atomic E-state index is 4.91. The molecular weight excluding hydrogens is 278 g/mol. The summed E-state index contributed by atoms with van der Waals surface area (Å²) in [7, 11) is 0. The first-order chi connectivity index (χ1) is 10.0. The van der Waals surface area contributed by atoms with Gasteiger partial charge in [-0.15, -0.1) is 11.3 Å². The molecule has 3 rings (SSSR count). The van der Waals surface area contributed by atoms with Crippen molar-refractivity contribution in [3.63, 3.8) is 0 Å². The summed E-state index contributed by atoms with van der Waals surface area (Å²) < 4.78 is 0. The largest absolute Gasteiger partial charge is 0.309 e. The molecule has 3 nitrogen and oxygen atoms in total. The Hall–Kier alpha value is -1.26. The van der Waals surface area contributed by atoms with Crippen LogP contribution in [-0.2, 0) is 6.54 Å². The molecule has 112 valence electrons. The van der Waals surface area contributed by atoms with Gasteiger partial charge in [-0.25, -0.2) is 4.98 Å². The summed E-state index contributed by atoms with van der Waals surface area (Å²) in [4.78, 5) is 10.8. The molecule has 0 aromatic carbocycles. The molecule has 0 radical (unpaired) electrons. The van der Waals surface area contributed by atoms with Crippen molar-refractivity contribution in [2.24, 2.45) is 0 Å². The van der Waals surface area contributed by atoms with Gasteiger partial charge in [0, 0.05) is 34.4 Å². The standard InChI is InChI=1S/C17H23N3S/c1-10(2)16-15(9-18-14-5-6-14)21-17(20-16)13-7-11(3)19-12(4)8-13/h7-8,10,14,18H,5-6,9H2,1-4H3. The van der Waals surface area contributed by atoms with Crippen LogP contribution >= 0.6 is 11.3 Å². The van der Waals surface area contributed by atoms with Crippen molar-refractivity contribution in [1.82, 2.24) is 15.3 Å². The molecule has 0 unspecified atom stereocenters. The SMILES string of the molecule is Cc1cc(-c2nc(C(C)C)c(CNC3CC3)s2)cc(C)n1. The Kier molecular flexibility index (Phi) is 4.09. The number of rotatable bonds is 5. The highest BCUT2D eigenvalue weighted by Gasteiger charge is 2.22. The highest BCUT2D eigenvalue weighted by Crippen LogP contribution is 2.33. The third kappa shape index (κ3) is 3.50. The van der Waals surface area contributed by atoms with Gasteiger partial charge in [-0.2, -0.15) is 0 Å². The predicted molar refractivity (Wildman–Crippen MR) is 88.8 cm³/mol. The summed E-state index contributed by atoms with van der Waals surface area (Å²) in [6, 6.07) is 5.00. The molecule has 2 aromatic rings. The Morgan fingerprint density at radius 3 is 2.43 bits per heavy atom. The van der Waals surface area contributed by atoms with E-state index in [1.807, 2.05) is 25.2 Å². The van der Waals surface area contributed by atoms with E-state index < -0.39 is 0 Å². The molecule has 1 aliphatic rings. The lowest BCUT2D eigenvalue weighted by molar-refractivity contribution is 0.681. The van der Waals surface area contributed by atoms with E-state index in [1.165, 1.54) is 29.0 Å². The normalized spacial score (nSPS) is 14.9. The zero-order chi connectivity index (χ0) is 15.0. The number of aryl methyl sites for hydroxylation is 2. The molecule has 4 heteroatoms. The maximum Gasteiger partial charge on any atom is 0.124 e. The number of pyridine rings is 1. The summed E-state index contributed by atoms with van der Waals surface area (Å²) in [5, 5.41) is 4.74. The third-order valence-electron chi connectivity index (χ3n) is 3.73. The number of thiazole rings is 1. The van der Waals surface area contributed by atoms with Gasteiger partial charge in [-0.3, -0.25) is 4.98 Å². The van der Waals surface area contributed by atoms with Crippen molar-refractivity contribution in [1.29, 1.82) is 0 Å². The van der Waals surface area contributed by atoms with Crippen LogP contribution in [0.25, 0.3) is 10.6 Å². The monoisotopic (exact) mass is 301 g/mol. The van der Waals surface area contributed by atoms with Crippen LogP contribution in [0.4, 0.5) is 0 Å². The Morgan fingerprint density at radius 1 is 1.19 bits per heavy atom. The van der Waals surface area contributed by atoms with Crippen molar-refractivity contribution < 1.29 is 0 Å². The van der Waals surface area contributed by atoms with Crippen molar-refractivity contribution in [2.75, 3.05) is 0 Å². The smallest absolute Gasteiger partial charge is 0.124 e. The topological polar surface area (TPSA) is 37.8 Å². The van der Waals surface area contributed by atoms with E-state index >= 15 is 0 Å². The van der Waals surface area contributed by atoms with Gasteiger partial charge in [0.1, 0.15) is 5.01 Å². The second-order valence-corrected chi connectivity index (χ2v) is 7.36. The number of hydrogen-bond acceptors (Lipinski definition) is 4. The summed E-state index contributed by atoms with van der Waals surface area (Å²) in [6.45, 7) is 9.50. The Labute approximate surface area is 130 Å². The fourth-order valence-electron chi connectivity index (χ4n) is 2.55. The minimum atomic E-state index is 0.468. The first kappa shape index (κ1) is 14.7. The van der Waals surface area contributed by atoms with Gasteiger partial charge in [-0.05, 0) is 44.7 Å². The van der Waals surface area contributed by atoms with Crippen LogP contribution < -0.4 is 5.32 Å². The summed E-state index contributed by atoms with van der Waals surface area (Å²) in [6.07, 6.45) is 2.65. The molecule has 0 saturated heterocycles. The highest BCUT2D eigenvalue weighted by atomic mass is 32.1. The lowest BCUT2D eigenvalue weighted by Gasteiger charge is -2.05. The quantitative estimate of drug-likeness (QED) is 0.899. The average molecular weight is 301 g/mol. The molecule has 0 aliphatic heterocycles. The van der Waals surface area contributed by atoms with Crippen molar-refractivity contribution in [2.45, 2.75) is 59.0 Å². The molecule has 0 atom stereocenters. The van der Waals surface area contributed by atoms with Crippen LogP contribution in [-0.4, -0.2) is 16.0 Å². The Morgan fingerprint density at radius 2 is 1.86 bits per heavy atom. The minimum Gasteiger partial charge on any atom is -0.309 e. The lowest BCUT2D eigenvalue weighted by atomic mass is 10.1. The van der Waals surface area contributed by atoms with Gasteiger partial charge >= 0.3 is 0 Å². The van der Waals surface area contributed by atoms with Crippen molar-refractivity contribution in [3.05, 3.63) is 34.1 Å². The zero-order valence-electron chi connectivity index (χ0n) is 13.2. The van der Waals surface area contributed by atoms with E-state index in [4.69, 9.17) is 4.98 Å². The highest BCUT2D eigenvalue weighted by molar-refractivity contribution is 7.15. The second-order valence-electron chi connectivity index (χ2n) is 6.28. The molecule has 1 N–H and O–H groups in total. The van der Waals surface area contributed by atoms with E-state index in [0.717, 1.165) is 29.0 Å². The number of hydrogen-bond donors (Lipinski definition) is 1. The van der Waals surface area contributed by atoms with Crippen molar-refractivity contribution in [3.8, 4) is 10.6 Å². The molecule has 1 saturated carbocycles. The van der Waals surface area contributed by atoms with Gasteiger partial charge in [-0.1, -0.05) is 13.8 Å². The molecule has 21 heavy (non-hydrogen) atoms. The molecule has 0 bridgehead atoms. The summed E-state index contributed by atoms with van der Waals surface area (Å²) in [5.41, 5.74) is 4.56. The Balaban J connectivity index is 1.92. The molecule has 0 spiro atoms. The van der Waals surface area contributed by atoms with E-state index in [1.54, 1.807) is 0 Å². The van der Waals surface area contributed by atoms with Crippen molar-refractivity contribution >= 4 is 11.3 Å². The van der Waals surface area contributed by atoms with E-state index in [-0.39, 0.29) is 0 Å².